The van der Waals surface area contributed by atoms with Crippen LogP contribution in [0.15, 0.2) is 0 Å². The van der Waals surface area contributed by atoms with Gasteiger partial charge >= 0.3 is 0 Å². The zero-order chi connectivity index (χ0) is 7.61. The molecule has 0 aromatic carbocycles. The van der Waals surface area contributed by atoms with Crippen LogP contribution in [0.25, 0.3) is 0 Å². The maximum Gasteiger partial charge on any atom is 0.162 e. The fraction of sp³-hybridized carbons (Fsp3) is 1.00. The Morgan fingerprint density at radius 3 is 2.30 bits per heavy atom. The van der Waals surface area contributed by atoms with E-state index in [2.05, 4.69) is 0 Å². The highest BCUT2D eigenvalue weighted by atomic mass is 35.5. The average Bonchev–Trinajstić information content (AvgIpc) is 1.88. The summed E-state index contributed by atoms with van der Waals surface area (Å²) < 4.78 is 10.7. The van der Waals surface area contributed by atoms with Gasteiger partial charge in [0.05, 0.1) is 13.2 Å². The molecule has 0 N–H and O–H groups in total. The number of alkyl halides is 1. The predicted octanol–water partition coefficient (Wildman–Crippen LogP) is 1.62. The van der Waals surface area contributed by atoms with Gasteiger partial charge in [-0.2, -0.15) is 0 Å². The van der Waals surface area contributed by atoms with Gasteiger partial charge in [-0.25, -0.2) is 0 Å². The van der Waals surface area contributed by atoms with Gasteiger partial charge in [-0.15, -0.1) is 11.6 Å². The van der Waals surface area contributed by atoms with E-state index in [0.717, 1.165) is 13.2 Å². The number of hydrogen-bond donors (Lipinski definition) is 0. The molecule has 0 bridgehead atoms. The molecule has 0 saturated carbocycles. The molecule has 10 heavy (non-hydrogen) atoms. The maximum atomic E-state index is 5.61. The summed E-state index contributed by atoms with van der Waals surface area (Å²) in [4.78, 5) is 0. The van der Waals surface area contributed by atoms with E-state index in [0.29, 0.717) is 11.8 Å². The van der Waals surface area contributed by atoms with Gasteiger partial charge in [0, 0.05) is 11.8 Å². The standard InChI is InChI=1S/C7H13ClO2/c1-7(2)9-4-6(3-8)5-10-7/h6H,3-5H2,1-2H3. The van der Waals surface area contributed by atoms with E-state index in [1.54, 1.807) is 0 Å². The lowest BCUT2D eigenvalue weighted by Crippen LogP contribution is -2.39. The first-order valence-electron chi connectivity index (χ1n) is 3.48. The maximum absolute atomic E-state index is 5.61. The van der Waals surface area contributed by atoms with E-state index in [-0.39, 0.29) is 0 Å². The van der Waals surface area contributed by atoms with Gasteiger partial charge in [-0.05, 0) is 13.8 Å². The molecule has 0 aromatic heterocycles. The lowest BCUT2D eigenvalue weighted by atomic mass is 10.2. The fourth-order valence-electron chi connectivity index (χ4n) is 0.816. The van der Waals surface area contributed by atoms with Crippen LogP contribution in [-0.2, 0) is 9.47 Å². The average molecular weight is 165 g/mol. The molecule has 2 nitrogen and oxygen atoms in total. The van der Waals surface area contributed by atoms with Crippen LogP contribution in [-0.4, -0.2) is 24.9 Å². The van der Waals surface area contributed by atoms with Gasteiger partial charge in [0.2, 0.25) is 0 Å². The SMILES string of the molecule is CC1(C)OCC(CCl)CO1. The van der Waals surface area contributed by atoms with Crippen molar-refractivity contribution in [1.82, 2.24) is 0 Å². The molecule has 0 aliphatic carbocycles. The van der Waals surface area contributed by atoms with Crippen LogP contribution in [0.3, 0.4) is 0 Å². The van der Waals surface area contributed by atoms with E-state index in [9.17, 15) is 0 Å². The van der Waals surface area contributed by atoms with Crippen LogP contribution in [0, 0.1) is 5.92 Å². The van der Waals surface area contributed by atoms with Gasteiger partial charge < -0.3 is 9.47 Å². The molecule has 0 atom stereocenters. The van der Waals surface area contributed by atoms with Crippen molar-refractivity contribution < 1.29 is 9.47 Å². The molecule has 0 amide bonds. The van der Waals surface area contributed by atoms with Crippen molar-refractivity contribution >= 4 is 11.6 Å². The Hall–Kier alpha value is 0.210. The molecule has 1 heterocycles. The Morgan fingerprint density at radius 1 is 1.40 bits per heavy atom. The Morgan fingerprint density at radius 2 is 1.90 bits per heavy atom. The van der Waals surface area contributed by atoms with Crippen LogP contribution in [0.4, 0.5) is 0 Å². The normalized spacial score (nSPS) is 26.7. The summed E-state index contributed by atoms with van der Waals surface area (Å²) in [7, 11) is 0. The van der Waals surface area contributed by atoms with E-state index in [4.69, 9.17) is 21.1 Å². The van der Waals surface area contributed by atoms with Crippen molar-refractivity contribution in [2.24, 2.45) is 5.92 Å². The molecule has 1 aliphatic heterocycles. The molecular formula is C7H13ClO2. The lowest BCUT2D eigenvalue weighted by molar-refractivity contribution is -0.259. The zero-order valence-electron chi connectivity index (χ0n) is 6.39. The van der Waals surface area contributed by atoms with E-state index in [1.807, 2.05) is 13.8 Å². The quantitative estimate of drug-likeness (QED) is 0.549. The van der Waals surface area contributed by atoms with Crippen molar-refractivity contribution in [2.75, 3.05) is 19.1 Å². The van der Waals surface area contributed by atoms with Gasteiger partial charge in [0.1, 0.15) is 0 Å². The molecule has 1 rings (SSSR count). The highest BCUT2D eigenvalue weighted by molar-refractivity contribution is 6.18. The monoisotopic (exact) mass is 164 g/mol. The third kappa shape index (κ3) is 2.11. The summed E-state index contributed by atoms with van der Waals surface area (Å²) in [5.41, 5.74) is 0. The molecule has 0 spiro atoms. The summed E-state index contributed by atoms with van der Waals surface area (Å²) in [5, 5.41) is 0. The second-order valence-electron chi connectivity index (χ2n) is 3.04. The molecule has 0 unspecified atom stereocenters. The summed E-state index contributed by atoms with van der Waals surface area (Å²) in [6.07, 6.45) is 0. The largest absolute Gasteiger partial charge is 0.350 e. The lowest BCUT2D eigenvalue weighted by Gasteiger charge is -2.34. The Balaban J connectivity index is 2.31. The zero-order valence-corrected chi connectivity index (χ0v) is 7.15. The second kappa shape index (κ2) is 3.07. The molecule has 0 aromatic rings. The number of halogens is 1. The smallest absolute Gasteiger partial charge is 0.162 e. The summed E-state index contributed by atoms with van der Waals surface area (Å²) in [6, 6.07) is 0. The third-order valence-corrected chi connectivity index (χ3v) is 1.99. The minimum Gasteiger partial charge on any atom is -0.350 e. The molecule has 3 heteroatoms. The van der Waals surface area contributed by atoms with Crippen molar-refractivity contribution in [1.29, 1.82) is 0 Å². The summed E-state index contributed by atoms with van der Waals surface area (Å²) >= 11 is 5.61. The first-order valence-corrected chi connectivity index (χ1v) is 4.01. The topological polar surface area (TPSA) is 18.5 Å². The van der Waals surface area contributed by atoms with Crippen LogP contribution < -0.4 is 0 Å². The molecule has 1 aliphatic rings. The van der Waals surface area contributed by atoms with E-state index < -0.39 is 5.79 Å². The van der Waals surface area contributed by atoms with Gasteiger partial charge in [-0.1, -0.05) is 0 Å². The first kappa shape index (κ1) is 8.31. The van der Waals surface area contributed by atoms with Gasteiger partial charge in [0.25, 0.3) is 0 Å². The van der Waals surface area contributed by atoms with Crippen LogP contribution in [0.5, 0.6) is 0 Å². The minimum atomic E-state index is -0.400. The third-order valence-electron chi connectivity index (χ3n) is 1.55. The van der Waals surface area contributed by atoms with Crippen molar-refractivity contribution in [3.05, 3.63) is 0 Å². The van der Waals surface area contributed by atoms with Crippen LogP contribution >= 0.6 is 11.6 Å². The number of ether oxygens (including phenoxy) is 2. The molecule has 0 radical (unpaired) electrons. The molecular weight excluding hydrogens is 152 g/mol. The summed E-state index contributed by atoms with van der Waals surface area (Å²) in [5.74, 6) is 0.591. The molecule has 1 fully saturated rings. The Labute approximate surface area is 66.5 Å². The van der Waals surface area contributed by atoms with Gasteiger partial charge in [-0.3, -0.25) is 0 Å². The van der Waals surface area contributed by atoms with E-state index in [1.165, 1.54) is 0 Å². The van der Waals surface area contributed by atoms with Crippen LogP contribution in [0.1, 0.15) is 13.8 Å². The summed E-state index contributed by atoms with van der Waals surface area (Å²) in [6.45, 7) is 5.27. The predicted molar refractivity (Wildman–Crippen MR) is 40.2 cm³/mol. The Bertz CT molecular complexity index is 104. The number of rotatable bonds is 1. The van der Waals surface area contributed by atoms with E-state index >= 15 is 0 Å². The van der Waals surface area contributed by atoms with Gasteiger partial charge in [0.15, 0.2) is 5.79 Å². The highest BCUT2D eigenvalue weighted by Crippen LogP contribution is 2.20. The second-order valence-corrected chi connectivity index (χ2v) is 3.35. The minimum absolute atomic E-state index is 0.370. The van der Waals surface area contributed by atoms with Crippen molar-refractivity contribution in [3.63, 3.8) is 0 Å². The first-order chi connectivity index (χ1) is 4.64. The van der Waals surface area contributed by atoms with Crippen molar-refractivity contribution in [2.45, 2.75) is 19.6 Å². The number of hydrogen-bond acceptors (Lipinski definition) is 2. The van der Waals surface area contributed by atoms with Crippen LogP contribution in [0.2, 0.25) is 0 Å². The highest BCUT2D eigenvalue weighted by Gasteiger charge is 2.27. The fourth-order valence-corrected chi connectivity index (χ4v) is 0.994. The molecule has 1 saturated heterocycles. The Kier molecular flexibility index (Phi) is 2.55. The van der Waals surface area contributed by atoms with Crippen molar-refractivity contribution in [3.8, 4) is 0 Å². The molecule has 60 valence electrons.